The molecule has 17 heavy (non-hydrogen) atoms. The van der Waals surface area contributed by atoms with Crippen molar-refractivity contribution in [3.8, 4) is 0 Å². The molecule has 7 heteroatoms. The molecule has 0 bridgehead atoms. The Labute approximate surface area is 98.7 Å². The Morgan fingerprint density at radius 3 is 2.29 bits per heavy atom. The molecule has 1 fully saturated rings. The fraction of sp³-hybridized carbons (Fsp3) is 1.00. The monoisotopic (exact) mass is 257 g/mol. The van der Waals surface area contributed by atoms with Crippen molar-refractivity contribution in [3.05, 3.63) is 0 Å². The first-order chi connectivity index (χ1) is 7.92. The average molecular weight is 257 g/mol. The molecule has 0 radical (unpaired) electrons. The fourth-order valence-electron chi connectivity index (χ4n) is 1.64. The zero-order valence-electron chi connectivity index (χ0n) is 9.93. The van der Waals surface area contributed by atoms with Gasteiger partial charge in [-0.1, -0.05) is 0 Å². The van der Waals surface area contributed by atoms with E-state index < -0.39 is 18.9 Å². The van der Waals surface area contributed by atoms with Gasteiger partial charge in [-0.2, -0.15) is 8.78 Å². The molecular formula is C10H19F4N3. The number of nitrogens with one attached hydrogen (secondary N) is 1. The predicted octanol–water partition coefficient (Wildman–Crippen LogP) is 0.724. The van der Waals surface area contributed by atoms with Crippen molar-refractivity contribution in [2.24, 2.45) is 0 Å². The lowest BCUT2D eigenvalue weighted by Gasteiger charge is -2.32. The topological polar surface area (TPSA) is 18.5 Å². The Morgan fingerprint density at radius 1 is 1.18 bits per heavy atom. The smallest absolute Gasteiger partial charge is 0.310 e. The number of alkyl halides is 4. The van der Waals surface area contributed by atoms with E-state index in [0.717, 1.165) is 26.2 Å². The summed E-state index contributed by atoms with van der Waals surface area (Å²) in [7, 11) is 2.03. The maximum absolute atomic E-state index is 12.5. The van der Waals surface area contributed by atoms with Crippen LogP contribution in [0.3, 0.4) is 0 Å². The third-order valence-electron chi connectivity index (χ3n) is 2.88. The third-order valence-corrected chi connectivity index (χ3v) is 2.88. The van der Waals surface area contributed by atoms with E-state index in [9.17, 15) is 17.6 Å². The van der Waals surface area contributed by atoms with Crippen LogP contribution in [-0.2, 0) is 0 Å². The maximum Gasteiger partial charge on any atom is 0.319 e. The largest absolute Gasteiger partial charge is 0.319 e. The maximum atomic E-state index is 12.5. The van der Waals surface area contributed by atoms with E-state index in [-0.39, 0.29) is 0 Å². The summed E-state index contributed by atoms with van der Waals surface area (Å²) in [4.78, 5) is 4.32. The summed E-state index contributed by atoms with van der Waals surface area (Å²) < 4.78 is 48.7. The van der Waals surface area contributed by atoms with Crippen LogP contribution in [0, 0.1) is 0 Å². The molecule has 0 aromatic heterocycles. The quantitative estimate of drug-likeness (QED) is 0.559. The number of piperazine rings is 1. The molecule has 0 saturated carbocycles. The van der Waals surface area contributed by atoms with Gasteiger partial charge in [0.15, 0.2) is 0 Å². The van der Waals surface area contributed by atoms with Gasteiger partial charge in [0.1, 0.15) is 0 Å². The second-order valence-corrected chi connectivity index (χ2v) is 4.38. The Kier molecular flexibility index (Phi) is 5.61. The zero-order chi connectivity index (χ0) is 12.9. The first kappa shape index (κ1) is 14.7. The van der Waals surface area contributed by atoms with Crippen LogP contribution < -0.4 is 5.32 Å². The van der Waals surface area contributed by atoms with E-state index in [2.05, 4.69) is 15.1 Å². The summed E-state index contributed by atoms with van der Waals surface area (Å²) in [5, 5.41) is 2.38. The SMILES string of the molecule is CN1CCN(CCNCC(F)(F)C(F)F)CC1. The molecule has 0 aromatic rings. The number of hydrogen-bond acceptors (Lipinski definition) is 3. The van der Waals surface area contributed by atoms with Crippen molar-refractivity contribution >= 4 is 0 Å². The number of rotatable bonds is 6. The summed E-state index contributed by atoms with van der Waals surface area (Å²) in [6.45, 7) is 3.66. The Hall–Kier alpha value is -0.400. The van der Waals surface area contributed by atoms with E-state index in [1.54, 1.807) is 0 Å². The van der Waals surface area contributed by atoms with E-state index in [1.807, 2.05) is 7.05 Å². The molecule has 1 aliphatic heterocycles. The van der Waals surface area contributed by atoms with Gasteiger partial charge in [-0.05, 0) is 7.05 Å². The molecule has 1 saturated heterocycles. The highest BCUT2D eigenvalue weighted by Gasteiger charge is 2.39. The molecule has 0 aromatic carbocycles. The molecule has 102 valence electrons. The summed E-state index contributed by atoms with van der Waals surface area (Å²) in [6, 6.07) is 0. The van der Waals surface area contributed by atoms with Gasteiger partial charge in [-0.3, -0.25) is 4.90 Å². The van der Waals surface area contributed by atoms with Crippen LogP contribution in [0.15, 0.2) is 0 Å². The second-order valence-electron chi connectivity index (χ2n) is 4.38. The fourth-order valence-corrected chi connectivity index (χ4v) is 1.64. The van der Waals surface area contributed by atoms with Crippen molar-refractivity contribution in [2.75, 3.05) is 52.9 Å². The van der Waals surface area contributed by atoms with Crippen LogP contribution in [0.25, 0.3) is 0 Å². The van der Waals surface area contributed by atoms with E-state index >= 15 is 0 Å². The molecule has 0 amide bonds. The lowest BCUT2D eigenvalue weighted by Crippen LogP contribution is -2.47. The van der Waals surface area contributed by atoms with Crippen LogP contribution >= 0.6 is 0 Å². The number of likely N-dealkylation sites (N-methyl/N-ethyl adjacent to an activating group) is 1. The van der Waals surface area contributed by atoms with Crippen molar-refractivity contribution in [3.63, 3.8) is 0 Å². The van der Waals surface area contributed by atoms with Crippen molar-refractivity contribution in [1.82, 2.24) is 15.1 Å². The van der Waals surface area contributed by atoms with E-state index in [1.165, 1.54) is 0 Å². The molecule has 0 unspecified atom stereocenters. The van der Waals surface area contributed by atoms with Crippen LogP contribution in [0.2, 0.25) is 0 Å². The first-order valence-corrected chi connectivity index (χ1v) is 5.69. The van der Waals surface area contributed by atoms with Gasteiger partial charge in [-0.25, -0.2) is 8.78 Å². The summed E-state index contributed by atoms with van der Waals surface area (Å²) >= 11 is 0. The van der Waals surface area contributed by atoms with Gasteiger partial charge in [-0.15, -0.1) is 0 Å². The van der Waals surface area contributed by atoms with E-state index in [0.29, 0.717) is 13.1 Å². The van der Waals surface area contributed by atoms with Gasteiger partial charge < -0.3 is 10.2 Å². The summed E-state index contributed by atoms with van der Waals surface area (Å²) in [6.07, 6.45) is -3.60. The summed E-state index contributed by atoms with van der Waals surface area (Å²) in [5.74, 6) is -3.93. The molecule has 1 aliphatic rings. The normalized spacial score (nSPS) is 20.1. The molecule has 1 rings (SSSR count). The number of hydrogen-bond donors (Lipinski definition) is 1. The van der Waals surface area contributed by atoms with Crippen LogP contribution in [0.1, 0.15) is 0 Å². The highest BCUT2D eigenvalue weighted by Crippen LogP contribution is 2.21. The van der Waals surface area contributed by atoms with Gasteiger partial charge in [0.05, 0.1) is 6.54 Å². The van der Waals surface area contributed by atoms with Gasteiger partial charge in [0.25, 0.3) is 0 Å². The molecule has 0 spiro atoms. The standard InChI is InChI=1S/C10H19F4N3/c1-16-4-6-17(7-5-16)3-2-15-8-10(13,14)9(11)12/h9,15H,2-8H2,1H3. The number of nitrogens with zero attached hydrogens (tertiary/aromatic N) is 2. The Morgan fingerprint density at radius 2 is 1.76 bits per heavy atom. The molecule has 0 atom stereocenters. The minimum absolute atomic E-state index is 0.312. The van der Waals surface area contributed by atoms with Crippen molar-refractivity contribution < 1.29 is 17.6 Å². The minimum atomic E-state index is -3.93. The van der Waals surface area contributed by atoms with Crippen molar-refractivity contribution in [2.45, 2.75) is 12.3 Å². The molecule has 0 aliphatic carbocycles. The van der Waals surface area contributed by atoms with Crippen molar-refractivity contribution in [1.29, 1.82) is 0 Å². The van der Waals surface area contributed by atoms with Crippen LogP contribution in [0.5, 0.6) is 0 Å². The first-order valence-electron chi connectivity index (χ1n) is 5.69. The average Bonchev–Trinajstić information content (AvgIpc) is 2.26. The minimum Gasteiger partial charge on any atom is -0.310 e. The lowest BCUT2D eigenvalue weighted by molar-refractivity contribution is -0.125. The van der Waals surface area contributed by atoms with E-state index in [4.69, 9.17) is 0 Å². The lowest BCUT2D eigenvalue weighted by atomic mass is 10.3. The van der Waals surface area contributed by atoms with Gasteiger partial charge >= 0.3 is 12.3 Å². The highest BCUT2D eigenvalue weighted by molar-refractivity contribution is 4.74. The predicted molar refractivity (Wildman–Crippen MR) is 57.8 cm³/mol. The molecule has 1 heterocycles. The van der Waals surface area contributed by atoms with Crippen LogP contribution in [-0.4, -0.2) is 75.0 Å². The third kappa shape index (κ3) is 5.18. The second kappa shape index (κ2) is 6.51. The Bertz CT molecular complexity index is 218. The number of halogens is 4. The molecule has 3 nitrogen and oxygen atoms in total. The van der Waals surface area contributed by atoms with Gasteiger partial charge in [0.2, 0.25) is 0 Å². The van der Waals surface area contributed by atoms with Crippen LogP contribution in [0.4, 0.5) is 17.6 Å². The highest BCUT2D eigenvalue weighted by atomic mass is 19.3. The zero-order valence-corrected chi connectivity index (χ0v) is 9.93. The van der Waals surface area contributed by atoms with Gasteiger partial charge in [0, 0.05) is 39.3 Å². The summed E-state index contributed by atoms with van der Waals surface area (Å²) in [5.41, 5.74) is 0. The Balaban J connectivity index is 2.08. The molecule has 1 N–H and O–H groups in total. The molecular weight excluding hydrogens is 238 g/mol.